The van der Waals surface area contributed by atoms with E-state index in [0.29, 0.717) is 13.1 Å². The molecule has 0 spiro atoms. The summed E-state index contributed by atoms with van der Waals surface area (Å²) in [5, 5.41) is 5.73. The highest BCUT2D eigenvalue weighted by molar-refractivity contribution is 5.89. The van der Waals surface area contributed by atoms with Crippen LogP contribution in [0.25, 0.3) is 11.0 Å². The third-order valence-corrected chi connectivity index (χ3v) is 4.17. The summed E-state index contributed by atoms with van der Waals surface area (Å²) in [5.74, 6) is 0. The van der Waals surface area contributed by atoms with Gasteiger partial charge in [-0.3, -0.25) is 9.88 Å². The van der Waals surface area contributed by atoms with Crippen LogP contribution in [0.2, 0.25) is 0 Å². The highest BCUT2D eigenvalue weighted by Gasteiger charge is 2.08. The van der Waals surface area contributed by atoms with Gasteiger partial charge in [0.1, 0.15) is 0 Å². The highest BCUT2D eigenvalue weighted by atomic mass is 16.2. The van der Waals surface area contributed by atoms with Crippen molar-refractivity contribution in [3.63, 3.8) is 0 Å². The molecule has 2 aromatic carbocycles. The Balaban J connectivity index is 1.51. The molecule has 0 atom stereocenters. The number of anilines is 1. The normalized spacial score (nSPS) is 10.9. The minimum absolute atomic E-state index is 0.192. The van der Waals surface area contributed by atoms with Crippen molar-refractivity contribution >= 4 is 22.8 Å². The van der Waals surface area contributed by atoms with E-state index in [2.05, 4.69) is 27.4 Å². The fourth-order valence-electron chi connectivity index (χ4n) is 2.91. The van der Waals surface area contributed by atoms with Crippen LogP contribution in [-0.4, -0.2) is 40.5 Å². The average molecular weight is 363 g/mol. The molecular weight excluding hydrogens is 338 g/mol. The Hall–Kier alpha value is -2.99. The number of para-hydroxylation sites is 3. The van der Waals surface area contributed by atoms with Crippen LogP contribution in [0.4, 0.5) is 10.5 Å². The second-order valence-electron chi connectivity index (χ2n) is 6.37. The van der Waals surface area contributed by atoms with Crippen molar-refractivity contribution in [2.75, 3.05) is 25.0 Å². The van der Waals surface area contributed by atoms with Crippen molar-refractivity contribution in [1.82, 2.24) is 20.2 Å². The van der Waals surface area contributed by atoms with Crippen LogP contribution in [0.3, 0.4) is 0 Å². The van der Waals surface area contributed by atoms with Crippen molar-refractivity contribution in [3.8, 4) is 0 Å². The van der Waals surface area contributed by atoms with Crippen LogP contribution in [0.1, 0.15) is 19.0 Å². The lowest BCUT2D eigenvalue weighted by Gasteiger charge is -2.21. The number of nitrogens with zero attached hydrogens (tertiary/aromatic N) is 3. The van der Waals surface area contributed by atoms with E-state index >= 15 is 0 Å². The highest BCUT2D eigenvalue weighted by Crippen LogP contribution is 2.10. The summed E-state index contributed by atoms with van der Waals surface area (Å²) in [7, 11) is 0. The van der Waals surface area contributed by atoms with Gasteiger partial charge >= 0.3 is 6.03 Å². The van der Waals surface area contributed by atoms with Crippen molar-refractivity contribution in [3.05, 3.63) is 66.5 Å². The van der Waals surface area contributed by atoms with Crippen LogP contribution in [-0.2, 0) is 6.54 Å². The number of aromatic nitrogens is 2. The lowest BCUT2D eigenvalue weighted by atomic mass is 10.3. The smallest absolute Gasteiger partial charge is 0.319 e. The lowest BCUT2D eigenvalue weighted by molar-refractivity contribution is 0.242. The summed E-state index contributed by atoms with van der Waals surface area (Å²) in [4.78, 5) is 23.4. The second-order valence-corrected chi connectivity index (χ2v) is 6.37. The summed E-state index contributed by atoms with van der Waals surface area (Å²) < 4.78 is 0. The van der Waals surface area contributed by atoms with E-state index in [9.17, 15) is 4.79 Å². The Labute approximate surface area is 159 Å². The van der Waals surface area contributed by atoms with Crippen LogP contribution in [0.15, 0.2) is 60.8 Å². The zero-order valence-electron chi connectivity index (χ0n) is 15.6. The molecule has 1 aromatic heterocycles. The molecule has 0 bridgehead atoms. The summed E-state index contributed by atoms with van der Waals surface area (Å²) in [5.41, 5.74) is 3.54. The first-order chi connectivity index (χ1) is 13.2. The number of carbonyl (C=O) groups is 1. The maximum atomic E-state index is 12.0. The van der Waals surface area contributed by atoms with Gasteiger partial charge in [-0.15, -0.1) is 0 Å². The fourth-order valence-corrected chi connectivity index (χ4v) is 2.91. The molecule has 6 nitrogen and oxygen atoms in total. The largest absolute Gasteiger partial charge is 0.337 e. The fraction of sp³-hybridized carbons (Fsp3) is 0.286. The van der Waals surface area contributed by atoms with Crippen molar-refractivity contribution in [2.24, 2.45) is 0 Å². The second kappa shape index (κ2) is 9.64. The van der Waals surface area contributed by atoms with Gasteiger partial charge in [-0.2, -0.15) is 0 Å². The number of hydrogen-bond donors (Lipinski definition) is 2. The molecule has 27 heavy (non-hydrogen) atoms. The molecule has 6 heteroatoms. The van der Waals surface area contributed by atoms with Crippen LogP contribution >= 0.6 is 0 Å². The molecule has 1 heterocycles. The van der Waals surface area contributed by atoms with E-state index in [-0.39, 0.29) is 6.03 Å². The predicted octanol–water partition coefficient (Wildman–Crippen LogP) is 3.66. The molecule has 0 saturated carbocycles. The number of carbonyl (C=O) groups excluding carboxylic acids is 1. The molecule has 3 aromatic rings. The summed E-state index contributed by atoms with van der Waals surface area (Å²) in [6.07, 6.45) is 2.87. The summed E-state index contributed by atoms with van der Waals surface area (Å²) in [6.45, 7) is 5.13. The standard InChI is InChI=1S/C21H25N5O/c1-2-13-26(14-12-22-21(27)25-17-8-4-3-5-9-17)16-18-15-23-19-10-6-7-11-20(19)24-18/h3-11,15H,2,12-14,16H2,1H3,(H2,22,25,27). The van der Waals surface area contributed by atoms with Crippen LogP contribution in [0, 0.1) is 0 Å². The molecule has 0 saturated heterocycles. The van der Waals surface area contributed by atoms with Gasteiger partial charge in [0.05, 0.1) is 22.9 Å². The van der Waals surface area contributed by atoms with Gasteiger partial charge in [-0.25, -0.2) is 9.78 Å². The van der Waals surface area contributed by atoms with E-state index in [4.69, 9.17) is 4.98 Å². The molecule has 2 amide bonds. The molecular formula is C21H25N5O. The van der Waals surface area contributed by atoms with E-state index in [0.717, 1.165) is 41.9 Å². The molecule has 0 fully saturated rings. The number of hydrogen-bond acceptors (Lipinski definition) is 4. The molecule has 2 N–H and O–H groups in total. The Bertz CT molecular complexity index is 869. The molecule has 0 aliphatic heterocycles. The van der Waals surface area contributed by atoms with Crippen LogP contribution < -0.4 is 10.6 Å². The number of urea groups is 1. The molecule has 0 aliphatic carbocycles. The van der Waals surface area contributed by atoms with E-state index in [1.807, 2.05) is 60.8 Å². The quantitative estimate of drug-likeness (QED) is 0.641. The van der Waals surface area contributed by atoms with Crippen LogP contribution in [0.5, 0.6) is 0 Å². The predicted molar refractivity (Wildman–Crippen MR) is 109 cm³/mol. The topological polar surface area (TPSA) is 70.2 Å². The van der Waals surface area contributed by atoms with Crippen molar-refractivity contribution in [1.29, 1.82) is 0 Å². The first-order valence-corrected chi connectivity index (χ1v) is 9.27. The Morgan fingerprint density at radius 1 is 1.00 bits per heavy atom. The van der Waals surface area contributed by atoms with Gasteiger partial charge in [0.15, 0.2) is 0 Å². The van der Waals surface area contributed by atoms with Gasteiger partial charge in [-0.05, 0) is 37.2 Å². The zero-order valence-corrected chi connectivity index (χ0v) is 15.6. The van der Waals surface area contributed by atoms with E-state index < -0.39 is 0 Å². The molecule has 140 valence electrons. The molecule has 0 unspecified atom stereocenters. The number of amides is 2. The Morgan fingerprint density at radius 3 is 2.52 bits per heavy atom. The first kappa shape index (κ1) is 18.8. The number of nitrogens with one attached hydrogen (secondary N) is 2. The SMILES string of the molecule is CCCN(CCNC(=O)Nc1ccccc1)Cc1cnc2ccccc2n1. The van der Waals surface area contributed by atoms with Gasteiger partial charge in [0.25, 0.3) is 0 Å². The maximum absolute atomic E-state index is 12.0. The molecule has 3 rings (SSSR count). The Morgan fingerprint density at radius 2 is 1.74 bits per heavy atom. The third kappa shape index (κ3) is 5.76. The van der Waals surface area contributed by atoms with Crippen molar-refractivity contribution in [2.45, 2.75) is 19.9 Å². The molecule has 0 radical (unpaired) electrons. The minimum atomic E-state index is -0.192. The average Bonchev–Trinajstić information content (AvgIpc) is 2.69. The number of fused-ring (bicyclic) bond motifs is 1. The third-order valence-electron chi connectivity index (χ3n) is 4.17. The van der Waals surface area contributed by atoms with Gasteiger partial charge in [0.2, 0.25) is 0 Å². The van der Waals surface area contributed by atoms with Gasteiger partial charge < -0.3 is 10.6 Å². The number of rotatable bonds is 8. The Kier molecular flexibility index (Phi) is 6.71. The monoisotopic (exact) mass is 363 g/mol. The number of benzene rings is 2. The maximum Gasteiger partial charge on any atom is 0.319 e. The molecule has 0 aliphatic rings. The minimum Gasteiger partial charge on any atom is -0.337 e. The summed E-state index contributed by atoms with van der Waals surface area (Å²) >= 11 is 0. The zero-order chi connectivity index (χ0) is 18.9. The van der Waals surface area contributed by atoms with E-state index in [1.54, 1.807) is 0 Å². The first-order valence-electron chi connectivity index (χ1n) is 9.27. The summed E-state index contributed by atoms with van der Waals surface area (Å²) in [6, 6.07) is 17.1. The lowest BCUT2D eigenvalue weighted by Crippen LogP contribution is -2.37. The van der Waals surface area contributed by atoms with Gasteiger partial charge in [0, 0.05) is 25.3 Å². The van der Waals surface area contributed by atoms with Crippen molar-refractivity contribution < 1.29 is 4.79 Å². The van der Waals surface area contributed by atoms with E-state index in [1.165, 1.54) is 0 Å². The van der Waals surface area contributed by atoms with Gasteiger partial charge in [-0.1, -0.05) is 37.3 Å².